The maximum atomic E-state index is 12.8. The fourth-order valence-electron chi connectivity index (χ4n) is 3.79. The highest BCUT2D eigenvalue weighted by Crippen LogP contribution is 2.41. The van der Waals surface area contributed by atoms with Crippen LogP contribution in [0.25, 0.3) is 0 Å². The summed E-state index contributed by atoms with van der Waals surface area (Å²) in [5.74, 6) is 0.392. The highest BCUT2D eigenvalue weighted by Gasteiger charge is 2.34. The van der Waals surface area contributed by atoms with E-state index in [0.717, 1.165) is 24.3 Å². The summed E-state index contributed by atoms with van der Waals surface area (Å²) in [5.41, 5.74) is -1.17. The van der Waals surface area contributed by atoms with Gasteiger partial charge in [-0.05, 0) is 55.3 Å². The standard InChI is InChI=1S/C27H22F6O4/c1-25(2)13-21(34)20-11-23(35-14-16-3-7-18(8-4-16)26(28,29)30)24(12-22(20)37-25)36-15-17-5-9-19(10-6-17)27(31,32)33/h3-12H,13-15H2,1-2H3. The van der Waals surface area contributed by atoms with Crippen molar-refractivity contribution in [2.75, 3.05) is 0 Å². The molecule has 1 heterocycles. The molecule has 3 aromatic carbocycles. The molecular formula is C27H22F6O4. The van der Waals surface area contributed by atoms with Gasteiger partial charge in [-0.15, -0.1) is 0 Å². The summed E-state index contributed by atoms with van der Waals surface area (Å²) < 4.78 is 94.6. The molecule has 0 amide bonds. The molecule has 3 aromatic rings. The predicted molar refractivity (Wildman–Crippen MR) is 122 cm³/mol. The van der Waals surface area contributed by atoms with E-state index in [0.29, 0.717) is 11.1 Å². The lowest BCUT2D eigenvalue weighted by Crippen LogP contribution is -2.35. The molecule has 37 heavy (non-hydrogen) atoms. The van der Waals surface area contributed by atoms with Crippen molar-refractivity contribution in [2.24, 2.45) is 0 Å². The van der Waals surface area contributed by atoms with Gasteiger partial charge in [0.25, 0.3) is 0 Å². The molecule has 0 unspecified atom stereocenters. The Kier molecular flexibility index (Phi) is 6.87. The summed E-state index contributed by atoms with van der Waals surface area (Å²) in [4.78, 5) is 12.7. The van der Waals surface area contributed by atoms with E-state index in [-0.39, 0.29) is 48.2 Å². The maximum absolute atomic E-state index is 12.8. The van der Waals surface area contributed by atoms with Crippen LogP contribution in [0.3, 0.4) is 0 Å². The normalized spacial score (nSPS) is 15.1. The first-order chi connectivity index (χ1) is 17.2. The second-order valence-electron chi connectivity index (χ2n) is 9.22. The predicted octanol–water partition coefficient (Wildman–Crippen LogP) is 7.63. The molecule has 0 bridgehead atoms. The molecule has 4 rings (SSSR count). The number of hydrogen-bond donors (Lipinski definition) is 0. The molecule has 1 aliphatic rings. The molecular weight excluding hydrogens is 502 g/mol. The van der Waals surface area contributed by atoms with E-state index in [1.165, 1.54) is 36.4 Å². The molecule has 0 fully saturated rings. The zero-order chi connectivity index (χ0) is 27.0. The molecule has 0 aliphatic carbocycles. The Hall–Kier alpha value is -3.69. The minimum absolute atomic E-state index is 0.106. The Morgan fingerprint density at radius 3 is 1.62 bits per heavy atom. The van der Waals surface area contributed by atoms with E-state index in [4.69, 9.17) is 14.2 Å². The van der Waals surface area contributed by atoms with E-state index >= 15 is 0 Å². The third kappa shape index (κ3) is 6.36. The number of halogens is 6. The van der Waals surface area contributed by atoms with Crippen LogP contribution in [0.2, 0.25) is 0 Å². The van der Waals surface area contributed by atoms with Gasteiger partial charge in [-0.3, -0.25) is 4.79 Å². The van der Waals surface area contributed by atoms with Crippen LogP contribution in [0, 0.1) is 0 Å². The zero-order valence-electron chi connectivity index (χ0n) is 19.8. The maximum Gasteiger partial charge on any atom is 0.416 e. The molecule has 0 spiro atoms. The molecule has 196 valence electrons. The van der Waals surface area contributed by atoms with Gasteiger partial charge in [-0.2, -0.15) is 26.3 Å². The van der Waals surface area contributed by atoms with Gasteiger partial charge in [-0.25, -0.2) is 0 Å². The van der Waals surface area contributed by atoms with Crippen molar-refractivity contribution in [3.63, 3.8) is 0 Å². The number of rotatable bonds is 6. The van der Waals surface area contributed by atoms with E-state index in [1.54, 1.807) is 13.8 Å². The van der Waals surface area contributed by atoms with Crippen LogP contribution in [0.15, 0.2) is 60.7 Å². The number of fused-ring (bicyclic) bond motifs is 1. The van der Waals surface area contributed by atoms with Crippen molar-refractivity contribution in [3.05, 3.63) is 88.5 Å². The Morgan fingerprint density at radius 2 is 1.19 bits per heavy atom. The van der Waals surface area contributed by atoms with Crippen LogP contribution in [0.4, 0.5) is 26.3 Å². The Morgan fingerprint density at radius 1 is 0.757 bits per heavy atom. The first kappa shape index (κ1) is 26.4. The fraction of sp³-hybridized carbons (Fsp3) is 0.296. The molecule has 0 aromatic heterocycles. The summed E-state index contributed by atoms with van der Waals surface area (Å²) in [6.07, 6.45) is -8.80. The Bertz CT molecular complexity index is 1280. The number of hydrogen-bond acceptors (Lipinski definition) is 4. The first-order valence-electron chi connectivity index (χ1n) is 11.2. The third-order valence-electron chi connectivity index (χ3n) is 5.67. The van der Waals surface area contributed by atoms with Crippen molar-refractivity contribution in [1.29, 1.82) is 0 Å². The SMILES string of the molecule is CC1(C)CC(=O)c2cc(OCc3ccc(C(F)(F)F)cc3)c(OCc3ccc(C(F)(F)F)cc3)cc2O1. The van der Waals surface area contributed by atoms with Crippen LogP contribution in [-0.4, -0.2) is 11.4 Å². The molecule has 1 aliphatic heterocycles. The number of carbonyl (C=O) groups excluding carboxylic acids is 1. The van der Waals surface area contributed by atoms with E-state index in [1.807, 2.05) is 0 Å². The van der Waals surface area contributed by atoms with E-state index < -0.39 is 29.1 Å². The van der Waals surface area contributed by atoms with Gasteiger partial charge >= 0.3 is 12.4 Å². The largest absolute Gasteiger partial charge is 0.486 e. The number of Topliss-reactive ketones (excluding diaryl/α,β-unsaturated/α-hetero) is 1. The molecule has 10 heteroatoms. The number of alkyl halides is 6. The molecule has 0 N–H and O–H groups in total. The van der Waals surface area contributed by atoms with E-state index in [2.05, 4.69) is 0 Å². The average molecular weight is 524 g/mol. The average Bonchev–Trinajstić information content (AvgIpc) is 2.80. The smallest absolute Gasteiger partial charge is 0.416 e. The number of benzene rings is 3. The molecule has 0 atom stereocenters. The summed E-state index contributed by atoms with van der Waals surface area (Å²) in [5, 5.41) is 0. The topological polar surface area (TPSA) is 44.8 Å². The van der Waals surface area contributed by atoms with Crippen molar-refractivity contribution in [1.82, 2.24) is 0 Å². The Labute approximate surface area is 208 Å². The fourth-order valence-corrected chi connectivity index (χ4v) is 3.79. The Balaban J connectivity index is 1.58. The van der Waals surface area contributed by atoms with Crippen LogP contribution in [0.5, 0.6) is 17.2 Å². The highest BCUT2D eigenvalue weighted by atomic mass is 19.4. The molecule has 0 saturated carbocycles. The van der Waals surface area contributed by atoms with Gasteiger partial charge in [0.1, 0.15) is 24.6 Å². The first-order valence-corrected chi connectivity index (χ1v) is 11.2. The molecule has 0 saturated heterocycles. The van der Waals surface area contributed by atoms with Crippen molar-refractivity contribution < 1.29 is 45.3 Å². The summed E-state index contributed by atoms with van der Waals surface area (Å²) >= 11 is 0. The van der Waals surface area contributed by atoms with Crippen molar-refractivity contribution in [3.8, 4) is 17.2 Å². The van der Waals surface area contributed by atoms with Gasteiger partial charge < -0.3 is 14.2 Å². The lowest BCUT2D eigenvalue weighted by molar-refractivity contribution is -0.138. The van der Waals surface area contributed by atoms with Crippen LogP contribution < -0.4 is 14.2 Å². The van der Waals surface area contributed by atoms with Crippen LogP contribution >= 0.6 is 0 Å². The number of ether oxygens (including phenoxy) is 3. The number of ketones is 1. The lowest BCUT2D eigenvalue weighted by atomic mass is 9.93. The molecule has 0 radical (unpaired) electrons. The molecule has 4 nitrogen and oxygen atoms in total. The zero-order valence-corrected chi connectivity index (χ0v) is 19.8. The summed E-state index contributed by atoms with van der Waals surface area (Å²) in [6, 6.07) is 11.8. The monoisotopic (exact) mass is 524 g/mol. The van der Waals surface area contributed by atoms with Gasteiger partial charge in [-0.1, -0.05) is 24.3 Å². The second-order valence-corrected chi connectivity index (χ2v) is 9.22. The summed E-state index contributed by atoms with van der Waals surface area (Å²) in [7, 11) is 0. The van der Waals surface area contributed by atoms with Gasteiger partial charge in [0.05, 0.1) is 23.1 Å². The van der Waals surface area contributed by atoms with Crippen molar-refractivity contribution >= 4 is 5.78 Å². The van der Waals surface area contributed by atoms with Gasteiger partial charge in [0, 0.05) is 6.07 Å². The minimum Gasteiger partial charge on any atom is -0.486 e. The minimum atomic E-state index is -4.47. The second kappa shape index (κ2) is 9.64. The van der Waals surface area contributed by atoms with Crippen molar-refractivity contribution in [2.45, 2.75) is 51.4 Å². The van der Waals surface area contributed by atoms with Gasteiger partial charge in [0.15, 0.2) is 17.3 Å². The number of carbonyl (C=O) groups is 1. The summed E-state index contributed by atoms with van der Waals surface area (Å²) in [6.45, 7) is 3.29. The quantitative estimate of drug-likeness (QED) is 0.311. The third-order valence-corrected chi connectivity index (χ3v) is 5.67. The van der Waals surface area contributed by atoms with Gasteiger partial charge in [0.2, 0.25) is 0 Å². The van der Waals surface area contributed by atoms with Crippen LogP contribution in [-0.2, 0) is 25.6 Å². The van der Waals surface area contributed by atoms with Crippen LogP contribution in [0.1, 0.15) is 52.9 Å². The highest BCUT2D eigenvalue weighted by molar-refractivity contribution is 6.01. The lowest BCUT2D eigenvalue weighted by Gasteiger charge is -2.32. The van der Waals surface area contributed by atoms with E-state index in [9.17, 15) is 31.1 Å².